The Balaban J connectivity index is 2.11. The van der Waals surface area contributed by atoms with Gasteiger partial charge in [-0.25, -0.2) is 0 Å². The van der Waals surface area contributed by atoms with Crippen LogP contribution in [0.2, 0.25) is 10.0 Å². The molecule has 0 saturated carbocycles. The summed E-state index contributed by atoms with van der Waals surface area (Å²) in [7, 11) is 0. The molecule has 0 heterocycles. The van der Waals surface area contributed by atoms with Crippen molar-refractivity contribution in [1.29, 1.82) is 0 Å². The standard InChI is InChI=1S/C14H11Cl3O/c15-8-10-3-1-4-11(7-10)18-9-12-13(16)5-2-6-14(12)17/h1-7H,8-9H2. The normalized spacial score (nSPS) is 10.4. The minimum Gasteiger partial charge on any atom is -0.489 e. The van der Waals surface area contributed by atoms with Crippen molar-refractivity contribution in [2.75, 3.05) is 0 Å². The lowest BCUT2D eigenvalue weighted by atomic mass is 10.2. The van der Waals surface area contributed by atoms with E-state index in [1.54, 1.807) is 12.1 Å². The molecule has 0 unspecified atom stereocenters. The van der Waals surface area contributed by atoms with Crippen LogP contribution in [-0.4, -0.2) is 0 Å². The summed E-state index contributed by atoms with van der Waals surface area (Å²) in [5, 5.41) is 1.21. The van der Waals surface area contributed by atoms with Gasteiger partial charge in [-0.15, -0.1) is 11.6 Å². The van der Waals surface area contributed by atoms with E-state index in [0.717, 1.165) is 16.9 Å². The van der Waals surface area contributed by atoms with Crippen molar-refractivity contribution in [2.24, 2.45) is 0 Å². The molecule has 2 aromatic carbocycles. The molecular formula is C14H11Cl3O. The highest BCUT2D eigenvalue weighted by Gasteiger charge is 2.06. The van der Waals surface area contributed by atoms with Gasteiger partial charge in [0.25, 0.3) is 0 Å². The van der Waals surface area contributed by atoms with Crippen LogP contribution in [0.15, 0.2) is 42.5 Å². The van der Waals surface area contributed by atoms with E-state index in [1.165, 1.54) is 0 Å². The molecule has 1 nitrogen and oxygen atoms in total. The molecule has 0 atom stereocenters. The molecule has 0 radical (unpaired) electrons. The smallest absolute Gasteiger partial charge is 0.120 e. The first-order chi connectivity index (χ1) is 8.70. The van der Waals surface area contributed by atoms with Gasteiger partial charge >= 0.3 is 0 Å². The molecule has 0 bridgehead atoms. The Kier molecular flexibility index (Phi) is 4.76. The van der Waals surface area contributed by atoms with E-state index >= 15 is 0 Å². The molecule has 0 aliphatic heterocycles. The molecule has 0 aromatic heterocycles. The van der Waals surface area contributed by atoms with E-state index in [9.17, 15) is 0 Å². The Bertz CT molecular complexity index is 520. The fourth-order valence-corrected chi connectivity index (χ4v) is 2.22. The van der Waals surface area contributed by atoms with Gasteiger partial charge in [-0.3, -0.25) is 0 Å². The van der Waals surface area contributed by atoms with Gasteiger partial charge in [-0.2, -0.15) is 0 Å². The third kappa shape index (κ3) is 3.32. The Hall–Kier alpha value is -0.890. The quantitative estimate of drug-likeness (QED) is 0.695. The van der Waals surface area contributed by atoms with Crippen molar-refractivity contribution >= 4 is 34.8 Å². The second kappa shape index (κ2) is 6.33. The number of rotatable bonds is 4. The lowest BCUT2D eigenvalue weighted by Gasteiger charge is -2.10. The van der Waals surface area contributed by atoms with Crippen LogP contribution in [0, 0.1) is 0 Å². The summed E-state index contributed by atoms with van der Waals surface area (Å²) in [6, 6.07) is 13.0. The SMILES string of the molecule is ClCc1cccc(OCc2c(Cl)cccc2Cl)c1. The van der Waals surface area contributed by atoms with Crippen LogP contribution in [0.5, 0.6) is 5.75 Å². The summed E-state index contributed by atoms with van der Waals surface area (Å²) in [4.78, 5) is 0. The topological polar surface area (TPSA) is 9.23 Å². The van der Waals surface area contributed by atoms with E-state index < -0.39 is 0 Å². The minimum atomic E-state index is 0.338. The average Bonchev–Trinajstić information content (AvgIpc) is 2.38. The fraction of sp³-hybridized carbons (Fsp3) is 0.143. The third-order valence-electron chi connectivity index (χ3n) is 2.50. The van der Waals surface area contributed by atoms with Crippen molar-refractivity contribution in [1.82, 2.24) is 0 Å². The van der Waals surface area contributed by atoms with E-state index in [0.29, 0.717) is 22.5 Å². The highest BCUT2D eigenvalue weighted by Crippen LogP contribution is 2.26. The first-order valence-corrected chi connectivity index (χ1v) is 6.70. The molecular weight excluding hydrogens is 291 g/mol. The number of halogens is 3. The van der Waals surface area contributed by atoms with Gasteiger partial charge in [0.15, 0.2) is 0 Å². The van der Waals surface area contributed by atoms with Gasteiger partial charge in [0, 0.05) is 21.5 Å². The Morgan fingerprint density at radius 1 is 0.944 bits per heavy atom. The van der Waals surface area contributed by atoms with Crippen LogP contribution in [0.1, 0.15) is 11.1 Å². The number of alkyl halides is 1. The maximum Gasteiger partial charge on any atom is 0.120 e. The van der Waals surface area contributed by atoms with Crippen LogP contribution < -0.4 is 4.74 Å². The Morgan fingerprint density at radius 2 is 1.61 bits per heavy atom. The average molecular weight is 302 g/mol. The van der Waals surface area contributed by atoms with Gasteiger partial charge in [-0.1, -0.05) is 41.4 Å². The molecule has 4 heteroatoms. The van der Waals surface area contributed by atoms with Gasteiger partial charge < -0.3 is 4.74 Å². The maximum absolute atomic E-state index is 6.07. The first kappa shape index (κ1) is 13.5. The van der Waals surface area contributed by atoms with Crippen molar-refractivity contribution in [3.63, 3.8) is 0 Å². The number of hydrogen-bond acceptors (Lipinski definition) is 1. The fourth-order valence-electron chi connectivity index (χ4n) is 1.54. The Labute approximate surface area is 121 Å². The lowest BCUT2D eigenvalue weighted by Crippen LogP contribution is -1.97. The molecule has 2 rings (SSSR count). The summed E-state index contributed by atoms with van der Waals surface area (Å²) in [6.45, 7) is 0.338. The predicted octanol–water partition coefficient (Wildman–Crippen LogP) is 5.31. The zero-order valence-corrected chi connectivity index (χ0v) is 11.8. The van der Waals surface area contributed by atoms with Gasteiger partial charge in [0.05, 0.1) is 0 Å². The molecule has 94 valence electrons. The van der Waals surface area contributed by atoms with E-state index in [4.69, 9.17) is 39.5 Å². The van der Waals surface area contributed by atoms with E-state index in [1.807, 2.05) is 30.3 Å². The molecule has 0 fully saturated rings. The van der Waals surface area contributed by atoms with Crippen LogP contribution in [-0.2, 0) is 12.5 Å². The summed E-state index contributed by atoms with van der Waals surface area (Å²) in [6.07, 6.45) is 0. The summed E-state index contributed by atoms with van der Waals surface area (Å²) < 4.78 is 5.67. The predicted molar refractivity (Wildman–Crippen MR) is 76.8 cm³/mol. The summed E-state index contributed by atoms with van der Waals surface area (Å²) >= 11 is 17.9. The van der Waals surface area contributed by atoms with Crippen LogP contribution in [0.4, 0.5) is 0 Å². The first-order valence-electron chi connectivity index (χ1n) is 5.41. The highest BCUT2D eigenvalue weighted by atomic mass is 35.5. The zero-order valence-electron chi connectivity index (χ0n) is 9.50. The molecule has 0 saturated heterocycles. The van der Waals surface area contributed by atoms with Crippen LogP contribution >= 0.6 is 34.8 Å². The van der Waals surface area contributed by atoms with Crippen LogP contribution in [0.3, 0.4) is 0 Å². The lowest BCUT2D eigenvalue weighted by molar-refractivity contribution is 0.306. The minimum absolute atomic E-state index is 0.338. The van der Waals surface area contributed by atoms with Crippen LogP contribution in [0.25, 0.3) is 0 Å². The number of hydrogen-bond donors (Lipinski definition) is 0. The van der Waals surface area contributed by atoms with Gasteiger partial charge in [0.2, 0.25) is 0 Å². The second-order valence-electron chi connectivity index (χ2n) is 3.77. The van der Waals surface area contributed by atoms with E-state index in [-0.39, 0.29) is 0 Å². The van der Waals surface area contributed by atoms with Crippen molar-refractivity contribution < 1.29 is 4.74 Å². The maximum atomic E-state index is 6.07. The van der Waals surface area contributed by atoms with Crippen molar-refractivity contribution in [3.05, 3.63) is 63.6 Å². The molecule has 0 N–H and O–H groups in total. The monoisotopic (exact) mass is 300 g/mol. The molecule has 18 heavy (non-hydrogen) atoms. The molecule has 0 amide bonds. The van der Waals surface area contributed by atoms with Gasteiger partial charge in [-0.05, 0) is 29.8 Å². The van der Waals surface area contributed by atoms with Crippen molar-refractivity contribution in [2.45, 2.75) is 12.5 Å². The third-order valence-corrected chi connectivity index (χ3v) is 3.51. The molecule has 0 aliphatic rings. The van der Waals surface area contributed by atoms with E-state index in [2.05, 4.69) is 0 Å². The van der Waals surface area contributed by atoms with Gasteiger partial charge in [0.1, 0.15) is 12.4 Å². The van der Waals surface area contributed by atoms with Crippen molar-refractivity contribution in [3.8, 4) is 5.75 Å². The summed E-state index contributed by atoms with van der Waals surface area (Å²) in [5.41, 5.74) is 1.80. The number of benzene rings is 2. The second-order valence-corrected chi connectivity index (χ2v) is 4.85. The number of ether oxygens (including phenoxy) is 1. The molecule has 0 spiro atoms. The molecule has 2 aromatic rings. The summed E-state index contributed by atoms with van der Waals surface area (Å²) in [5.74, 6) is 1.22. The Morgan fingerprint density at radius 3 is 2.28 bits per heavy atom. The molecule has 0 aliphatic carbocycles. The zero-order chi connectivity index (χ0) is 13.0. The highest BCUT2D eigenvalue weighted by molar-refractivity contribution is 6.35. The largest absolute Gasteiger partial charge is 0.489 e.